The van der Waals surface area contributed by atoms with Crippen molar-refractivity contribution >= 4 is 12.0 Å². The Hall–Kier alpha value is -1.61. The Kier molecular flexibility index (Phi) is 3.88. The highest BCUT2D eigenvalue weighted by molar-refractivity contribution is 5.69. The van der Waals surface area contributed by atoms with Crippen LogP contribution in [0.2, 0.25) is 0 Å². The molecule has 1 rings (SSSR count). The van der Waals surface area contributed by atoms with Gasteiger partial charge < -0.3 is 15.6 Å². The number of benzene rings is 1. The van der Waals surface area contributed by atoms with E-state index >= 15 is 0 Å². The Morgan fingerprint density at radius 1 is 1.43 bits per heavy atom. The van der Waals surface area contributed by atoms with Gasteiger partial charge in [0, 0.05) is 6.42 Å². The van der Waals surface area contributed by atoms with Gasteiger partial charge in [-0.25, -0.2) is 0 Å². The molecule has 0 aliphatic heterocycles. The van der Waals surface area contributed by atoms with Crippen LogP contribution in [0.25, 0.3) is 6.08 Å². The van der Waals surface area contributed by atoms with Gasteiger partial charge in [0.25, 0.3) is 0 Å². The van der Waals surface area contributed by atoms with Gasteiger partial charge in [-0.15, -0.1) is 0 Å². The SMILES string of the molecule is [NH3+][C@H](C/C=C/c1ccccc1)C(=O)[O-]. The molecule has 0 unspecified atom stereocenters. The van der Waals surface area contributed by atoms with Gasteiger partial charge in [-0.3, -0.25) is 0 Å². The third-order valence-corrected chi connectivity index (χ3v) is 1.86. The van der Waals surface area contributed by atoms with E-state index in [1.165, 1.54) is 0 Å². The second kappa shape index (κ2) is 5.19. The molecule has 0 heterocycles. The van der Waals surface area contributed by atoms with Crippen LogP contribution in [0, 0.1) is 0 Å². The van der Waals surface area contributed by atoms with E-state index in [1.54, 1.807) is 6.08 Å². The van der Waals surface area contributed by atoms with Crippen LogP contribution in [0.15, 0.2) is 36.4 Å². The highest BCUT2D eigenvalue weighted by Crippen LogP contribution is 2.01. The van der Waals surface area contributed by atoms with Crippen LogP contribution in [0.3, 0.4) is 0 Å². The number of carbonyl (C=O) groups is 1. The fourth-order valence-electron chi connectivity index (χ4n) is 1.03. The molecule has 14 heavy (non-hydrogen) atoms. The summed E-state index contributed by atoms with van der Waals surface area (Å²) in [6.07, 6.45) is 4.07. The van der Waals surface area contributed by atoms with Crippen LogP contribution in [0.4, 0.5) is 0 Å². The zero-order valence-corrected chi connectivity index (χ0v) is 7.85. The van der Waals surface area contributed by atoms with Gasteiger partial charge in [0.1, 0.15) is 6.04 Å². The summed E-state index contributed by atoms with van der Waals surface area (Å²) < 4.78 is 0. The molecule has 0 spiro atoms. The van der Waals surface area contributed by atoms with E-state index in [0.717, 1.165) is 5.56 Å². The Morgan fingerprint density at radius 2 is 2.07 bits per heavy atom. The predicted octanol–water partition coefficient (Wildman–Crippen LogP) is -0.550. The number of carbonyl (C=O) groups excluding carboxylic acids is 1. The van der Waals surface area contributed by atoms with Crippen molar-refractivity contribution in [1.29, 1.82) is 0 Å². The Bertz CT molecular complexity index is 319. The monoisotopic (exact) mass is 191 g/mol. The van der Waals surface area contributed by atoms with E-state index in [4.69, 9.17) is 0 Å². The van der Waals surface area contributed by atoms with Crippen LogP contribution in [-0.2, 0) is 4.79 Å². The zero-order valence-electron chi connectivity index (χ0n) is 7.85. The lowest BCUT2D eigenvalue weighted by Gasteiger charge is -2.04. The third kappa shape index (κ3) is 3.41. The Labute approximate surface area is 82.9 Å². The van der Waals surface area contributed by atoms with Crippen LogP contribution < -0.4 is 10.8 Å². The first-order chi connectivity index (χ1) is 6.70. The molecule has 0 fully saturated rings. The Morgan fingerprint density at radius 3 is 2.64 bits per heavy atom. The lowest BCUT2D eigenvalue weighted by molar-refractivity contribution is -0.436. The number of carboxylic acid groups (broad SMARTS) is 1. The van der Waals surface area contributed by atoms with Crippen molar-refractivity contribution in [3.05, 3.63) is 42.0 Å². The highest BCUT2D eigenvalue weighted by Gasteiger charge is 2.02. The molecule has 3 heteroatoms. The minimum atomic E-state index is -1.11. The van der Waals surface area contributed by atoms with Crippen LogP contribution >= 0.6 is 0 Å². The minimum absolute atomic E-state index is 0.400. The molecule has 0 saturated carbocycles. The second-order valence-corrected chi connectivity index (χ2v) is 3.06. The fraction of sp³-hybridized carbons (Fsp3) is 0.182. The largest absolute Gasteiger partial charge is 0.544 e. The van der Waals surface area contributed by atoms with Crippen molar-refractivity contribution < 1.29 is 15.6 Å². The smallest absolute Gasteiger partial charge is 0.128 e. The summed E-state index contributed by atoms with van der Waals surface area (Å²) in [6, 6.07) is 9.03. The summed E-state index contributed by atoms with van der Waals surface area (Å²) in [6.45, 7) is 0. The number of aliphatic carboxylic acids is 1. The van der Waals surface area contributed by atoms with Crippen LogP contribution in [-0.4, -0.2) is 12.0 Å². The molecular formula is C11H13NO2. The van der Waals surface area contributed by atoms with Gasteiger partial charge >= 0.3 is 0 Å². The van der Waals surface area contributed by atoms with E-state index in [9.17, 15) is 9.90 Å². The molecule has 3 N–H and O–H groups in total. The van der Waals surface area contributed by atoms with Crippen molar-refractivity contribution in [1.82, 2.24) is 0 Å². The molecule has 0 bridgehead atoms. The highest BCUT2D eigenvalue weighted by atomic mass is 16.4. The van der Waals surface area contributed by atoms with E-state index < -0.39 is 12.0 Å². The van der Waals surface area contributed by atoms with Crippen molar-refractivity contribution in [3.63, 3.8) is 0 Å². The summed E-state index contributed by atoms with van der Waals surface area (Å²) in [4.78, 5) is 10.3. The van der Waals surface area contributed by atoms with E-state index in [0.29, 0.717) is 6.42 Å². The number of carboxylic acids is 1. The molecule has 3 nitrogen and oxygen atoms in total. The topological polar surface area (TPSA) is 67.8 Å². The second-order valence-electron chi connectivity index (χ2n) is 3.06. The summed E-state index contributed by atoms with van der Waals surface area (Å²) in [5.41, 5.74) is 4.51. The van der Waals surface area contributed by atoms with Gasteiger partial charge in [0.15, 0.2) is 0 Å². The molecular weight excluding hydrogens is 178 g/mol. The van der Waals surface area contributed by atoms with Crippen molar-refractivity contribution in [2.75, 3.05) is 0 Å². The fourth-order valence-corrected chi connectivity index (χ4v) is 1.03. The lowest BCUT2D eigenvalue weighted by atomic mass is 10.1. The summed E-state index contributed by atoms with van der Waals surface area (Å²) in [7, 11) is 0. The molecule has 74 valence electrons. The summed E-state index contributed by atoms with van der Waals surface area (Å²) in [5.74, 6) is -1.11. The molecule has 0 aliphatic carbocycles. The van der Waals surface area contributed by atoms with Gasteiger partial charge in [0.05, 0.1) is 5.97 Å². The first-order valence-electron chi connectivity index (χ1n) is 4.45. The molecule has 1 aromatic rings. The molecule has 0 amide bonds. The van der Waals surface area contributed by atoms with Crippen molar-refractivity contribution in [2.45, 2.75) is 12.5 Å². The van der Waals surface area contributed by atoms with Crippen LogP contribution in [0.5, 0.6) is 0 Å². The average molecular weight is 191 g/mol. The number of hydrogen-bond donors (Lipinski definition) is 1. The number of rotatable bonds is 4. The quantitative estimate of drug-likeness (QED) is 0.693. The van der Waals surface area contributed by atoms with Gasteiger partial charge in [-0.05, 0) is 5.56 Å². The maximum atomic E-state index is 10.3. The summed E-state index contributed by atoms with van der Waals surface area (Å²) in [5, 5.41) is 10.3. The van der Waals surface area contributed by atoms with Crippen molar-refractivity contribution in [2.24, 2.45) is 0 Å². The molecule has 0 aromatic heterocycles. The Balaban J connectivity index is 2.46. The van der Waals surface area contributed by atoms with Crippen LogP contribution in [0.1, 0.15) is 12.0 Å². The predicted molar refractivity (Wildman–Crippen MR) is 51.8 cm³/mol. The van der Waals surface area contributed by atoms with Gasteiger partial charge in [0.2, 0.25) is 0 Å². The van der Waals surface area contributed by atoms with E-state index in [2.05, 4.69) is 5.73 Å². The first kappa shape index (κ1) is 10.5. The van der Waals surface area contributed by atoms with E-state index in [1.807, 2.05) is 36.4 Å². The molecule has 0 aliphatic rings. The van der Waals surface area contributed by atoms with E-state index in [-0.39, 0.29) is 0 Å². The standard InChI is InChI=1S/C11H13NO2/c12-10(11(13)14)8-4-7-9-5-2-1-3-6-9/h1-7,10H,8,12H2,(H,13,14)/b7-4+/t10-/m1/s1. The van der Waals surface area contributed by atoms with Gasteiger partial charge in [-0.1, -0.05) is 42.5 Å². The summed E-state index contributed by atoms with van der Waals surface area (Å²) >= 11 is 0. The third-order valence-electron chi connectivity index (χ3n) is 1.86. The maximum Gasteiger partial charge on any atom is 0.128 e. The minimum Gasteiger partial charge on any atom is -0.544 e. The maximum absolute atomic E-state index is 10.3. The lowest BCUT2D eigenvalue weighted by Crippen LogP contribution is -2.68. The zero-order chi connectivity index (χ0) is 10.4. The normalized spacial score (nSPS) is 12.9. The molecule has 1 aromatic carbocycles. The number of quaternary nitrogens is 1. The number of hydrogen-bond acceptors (Lipinski definition) is 2. The first-order valence-corrected chi connectivity index (χ1v) is 4.45. The van der Waals surface area contributed by atoms with Gasteiger partial charge in [-0.2, -0.15) is 0 Å². The molecule has 0 radical (unpaired) electrons. The molecule has 0 saturated heterocycles. The molecule has 1 atom stereocenters. The average Bonchev–Trinajstić information content (AvgIpc) is 2.19. The van der Waals surface area contributed by atoms with Crippen molar-refractivity contribution in [3.8, 4) is 0 Å².